The van der Waals surface area contributed by atoms with E-state index in [1.54, 1.807) is 24.7 Å². The highest BCUT2D eigenvalue weighted by Crippen LogP contribution is 2.20. The predicted molar refractivity (Wildman–Crippen MR) is 84.3 cm³/mol. The molecule has 1 aromatic carbocycles. The van der Waals surface area contributed by atoms with Crippen LogP contribution >= 0.6 is 12.4 Å². The number of aromatic nitrogens is 1. The molecular weight excluding hydrogens is 272 g/mol. The van der Waals surface area contributed by atoms with E-state index in [4.69, 9.17) is 0 Å². The maximum Gasteiger partial charge on any atom is 0.192 e. The lowest BCUT2D eigenvalue weighted by atomic mass is 10.1. The van der Waals surface area contributed by atoms with Crippen molar-refractivity contribution in [2.75, 3.05) is 0 Å². The van der Waals surface area contributed by atoms with Crippen molar-refractivity contribution >= 4 is 18.6 Å². The first-order valence-electron chi connectivity index (χ1n) is 6.17. The van der Waals surface area contributed by atoms with Gasteiger partial charge >= 0.3 is 0 Å². The summed E-state index contributed by atoms with van der Waals surface area (Å²) >= 11 is 0. The fourth-order valence-corrected chi connectivity index (χ4v) is 1.91. The molecule has 0 aliphatic carbocycles. The van der Waals surface area contributed by atoms with Crippen LogP contribution in [0.5, 0.6) is 0 Å². The van der Waals surface area contributed by atoms with Gasteiger partial charge in [0.05, 0.1) is 0 Å². The molecule has 0 saturated carbocycles. The van der Waals surface area contributed by atoms with Crippen LogP contribution in [0.2, 0.25) is 0 Å². The number of hydrogen-bond donors (Lipinski definition) is 0. The lowest BCUT2D eigenvalue weighted by Gasteiger charge is -2.15. The lowest BCUT2D eigenvalue weighted by molar-refractivity contribution is -0.502. The van der Waals surface area contributed by atoms with Gasteiger partial charge in [-0.25, -0.2) is 4.74 Å². The molecule has 1 heterocycles. The quantitative estimate of drug-likeness (QED) is 0.276. The van der Waals surface area contributed by atoms with Gasteiger partial charge in [-0.15, -0.1) is 19.0 Å². The summed E-state index contributed by atoms with van der Waals surface area (Å²) in [5, 5.41) is 12.3. The molecule has 1 atom stereocenters. The molecule has 2 aromatic rings. The van der Waals surface area contributed by atoms with Crippen LogP contribution < -0.4 is 0 Å². The Morgan fingerprint density at radius 3 is 2.40 bits per heavy atom. The molecule has 0 spiro atoms. The normalized spacial score (nSPS) is 12.3. The average Bonchev–Trinajstić information content (AvgIpc) is 2.46. The third-order valence-electron chi connectivity index (χ3n) is 2.86. The van der Waals surface area contributed by atoms with Gasteiger partial charge in [-0.3, -0.25) is 4.98 Å². The monoisotopic (exact) mass is 288 g/mol. The Bertz CT molecular complexity index is 555. The summed E-state index contributed by atoms with van der Waals surface area (Å²) in [7, 11) is 0. The minimum atomic E-state index is -0.263. The number of nitrogens with zero attached hydrogens (tertiary/aromatic N) is 2. The number of halogens is 1. The molecular formula is C16H17ClN2O. The van der Waals surface area contributed by atoms with Gasteiger partial charge in [-0.2, -0.15) is 0 Å². The number of benzene rings is 1. The van der Waals surface area contributed by atoms with Crippen molar-refractivity contribution in [1.82, 2.24) is 4.98 Å². The summed E-state index contributed by atoms with van der Waals surface area (Å²) in [6, 6.07) is 13.0. The second kappa shape index (κ2) is 8.12. The zero-order chi connectivity index (χ0) is 13.5. The summed E-state index contributed by atoms with van der Waals surface area (Å²) in [6.07, 6.45) is 7.35. The van der Waals surface area contributed by atoms with Gasteiger partial charge in [-0.05, 0) is 24.3 Å². The molecule has 0 N–H and O–H groups in total. The van der Waals surface area contributed by atoms with Crippen molar-refractivity contribution in [3.63, 3.8) is 0 Å². The Balaban J connectivity index is 0.00000200. The van der Waals surface area contributed by atoms with E-state index in [1.807, 2.05) is 42.5 Å². The maximum atomic E-state index is 12.3. The van der Waals surface area contributed by atoms with Gasteiger partial charge < -0.3 is 5.21 Å². The Kier molecular flexibility index (Phi) is 6.47. The van der Waals surface area contributed by atoms with E-state index in [2.05, 4.69) is 11.6 Å². The first kappa shape index (κ1) is 15.9. The van der Waals surface area contributed by atoms with E-state index in [0.717, 1.165) is 15.9 Å². The van der Waals surface area contributed by atoms with E-state index in [0.29, 0.717) is 6.42 Å². The molecule has 0 radical (unpaired) electrons. The molecule has 0 saturated heterocycles. The highest BCUT2D eigenvalue weighted by molar-refractivity contribution is 5.85. The highest BCUT2D eigenvalue weighted by atomic mass is 35.5. The first-order valence-corrected chi connectivity index (χ1v) is 6.17. The second-order valence-electron chi connectivity index (χ2n) is 4.22. The van der Waals surface area contributed by atoms with Crippen LogP contribution in [0.1, 0.15) is 23.6 Å². The van der Waals surface area contributed by atoms with Gasteiger partial charge in [0, 0.05) is 29.9 Å². The molecule has 0 aliphatic heterocycles. The fourth-order valence-electron chi connectivity index (χ4n) is 1.91. The largest absolute Gasteiger partial charge is 0.623 e. The molecule has 0 amide bonds. The van der Waals surface area contributed by atoms with E-state index in [1.165, 1.54) is 0 Å². The summed E-state index contributed by atoms with van der Waals surface area (Å²) < 4.78 is 0.979. The van der Waals surface area contributed by atoms with Crippen LogP contribution in [0, 0.1) is 5.21 Å². The Hall–Kier alpha value is -2.13. The van der Waals surface area contributed by atoms with Crippen molar-refractivity contribution in [1.29, 1.82) is 0 Å². The predicted octanol–water partition coefficient (Wildman–Crippen LogP) is 3.75. The number of hydroxylamine groups is 1. The van der Waals surface area contributed by atoms with Crippen molar-refractivity contribution in [3.05, 3.63) is 83.8 Å². The highest BCUT2D eigenvalue weighted by Gasteiger charge is 2.16. The van der Waals surface area contributed by atoms with Crippen molar-refractivity contribution < 1.29 is 4.74 Å². The van der Waals surface area contributed by atoms with Crippen LogP contribution in [0.15, 0.2) is 67.5 Å². The van der Waals surface area contributed by atoms with Crippen molar-refractivity contribution in [3.8, 4) is 0 Å². The zero-order valence-electron chi connectivity index (χ0n) is 11.1. The third kappa shape index (κ3) is 4.21. The van der Waals surface area contributed by atoms with Gasteiger partial charge in [0.25, 0.3) is 0 Å². The number of hydrogen-bond acceptors (Lipinski definition) is 2. The van der Waals surface area contributed by atoms with Crippen molar-refractivity contribution in [2.45, 2.75) is 12.5 Å². The topological polar surface area (TPSA) is 39.0 Å². The SMILES string of the molecule is C=CCC(c1ccncc1)/[N+]([O-])=C/c1ccccc1.Cl. The number of rotatable bonds is 5. The van der Waals surface area contributed by atoms with E-state index < -0.39 is 0 Å². The minimum Gasteiger partial charge on any atom is -0.623 e. The molecule has 1 unspecified atom stereocenters. The van der Waals surface area contributed by atoms with Gasteiger partial charge in [0.2, 0.25) is 0 Å². The molecule has 0 fully saturated rings. The molecule has 4 heteroatoms. The molecule has 0 aliphatic rings. The Labute approximate surface area is 125 Å². The van der Waals surface area contributed by atoms with Crippen LogP contribution in [0.25, 0.3) is 0 Å². The van der Waals surface area contributed by atoms with E-state index >= 15 is 0 Å². The molecule has 20 heavy (non-hydrogen) atoms. The lowest BCUT2D eigenvalue weighted by Crippen LogP contribution is -2.14. The van der Waals surface area contributed by atoms with Gasteiger partial charge in [0.15, 0.2) is 12.3 Å². The summed E-state index contributed by atoms with van der Waals surface area (Å²) in [4.78, 5) is 3.97. The maximum absolute atomic E-state index is 12.3. The van der Waals surface area contributed by atoms with E-state index in [-0.39, 0.29) is 18.4 Å². The second-order valence-corrected chi connectivity index (χ2v) is 4.22. The molecule has 104 valence electrons. The van der Waals surface area contributed by atoms with Gasteiger partial charge in [0.1, 0.15) is 0 Å². The average molecular weight is 289 g/mol. The zero-order valence-corrected chi connectivity index (χ0v) is 11.9. The van der Waals surface area contributed by atoms with Crippen LogP contribution in [-0.4, -0.2) is 15.9 Å². The van der Waals surface area contributed by atoms with Gasteiger partial charge in [-0.1, -0.05) is 24.3 Å². The van der Waals surface area contributed by atoms with Crippen LogP contribution in [0.4, 0.5) is 0 Å². The summed E-state index contributed by atoms with van der Waals surface area (Å²) in [6.45, 7) is 3.72. The van der Waals surface area contributed by atoms with Crippen molar-refractivity contribution in [2.24, 2.45) is 0 Å². The standard InChI is InChI=1S/C16H16N2O.ClH/c1-2-6-16(15-9-11-17-12-10-15)18(19)13-14-7-4-3-5-8-14;/h2-5,7-13,16H,1,6H2;1H/b18-13-;. The van der Waals surface area contributed by atoms with Crippen LogP contribution in [0.3, 0.4) is 0 Å². The Morgan fingerprint density at radius 1 is 1.15 bits per heavy atom. The third-order valence-corrected chi connectivity index (χ3v) is 2.86. The summed E-state index contributed by atoms with van der Waals surface area (Å²) in [5.74, 6) is 0. The summed E-state index contributed by atoms with van der Waals surface area (Å²) in [5.41, 5.74) is 1.83. The molecule has 1 aromatic heterocycles. The smallest absolute Gasteiger partial charge is 0.192 e. The Morgan fingerprint density at radius 2 is 1.80 bits per heavy atom. The molecule has 3 nitrogen and oxygen atoms in total. The first-order chi connectivity index (χ1) is 9.31. The van der Waals surface area contributed by atoms with Crippen LogP contribution in [-0.2, 0) is 0 Å². The fraction of sp³-hybridized carbons (Fsp3) is 0.125. The molecule has 0 bridgehead atoms. The van der Waals surface area contributed by atoms with E-state index in [9.17, 15) is 5.21 Å². The number of pyridine rings is 1. The molecule has 2 rings (SSSR count). The minimum absolute atomic E-state index is 0.